The van der Waals surface area contributed by atoms with Gasteiger partial charge in [-0.1, -0.05) is 25.4 Å². The molecule has 1 aliphatic rings. The fourth-order valence-corrected chi connectivity index (χ4v) is 2.76. The van der Waals surface area contributed by atoms with Crippen LogP contribution in [-0.4, -0.2) is 13.1 Å². The molecule has 0 amide bonds. The Bertz CT molecular complexity index is 460. The number of halogens is 1. The van der Waals surface area contributed by atoms with Crippen molar-refractivity contribution >= 4 is 17.3 Å². The highest BCUT2D eigenvalue weighted by Crippen LogP contribution is 2.35. The van der Waals surface area contributed by atoms with E-state index in [1.54, 1.807) is 6.07 Å². The van der Waals surface area contributed by atoms with Gasteiger partial charge >= 0.3 is 0 Å². The molecule has 2 rings (SSSR count). The van der Waals surface area contributed by atoms with Gasteiger partial charge < -0.3 is 4.90 Å². The summed E-state index contributed by atoms with van der Waals surface area (Å²) in [7, 11) is 0. The topological polar surface area (TPSA) is 27.0 Å². The summed E-state index contributed by atoms with van der Waals surface area (Å²) >= 11 is 6.24. The Morgan fingerprint density at radius 3 is 2.76 bits per heavy atom. The molecule has 0 radical (unpaired) electrons. The van der Waals surface area contributed by atoms with E-state index in [0.29, 0.717) is 16.0 Å². The van der Waals surface area contributed by atoms with Crippen LogP contribution in [0, 0.1) is 16.7 Å². The Labute approximate surface area is 108 Å². The SMILES string of the molecule is CC1(C)CCCN(c2ccc(C#N)cc2Cl)C1. The van der Waals surface area contributed by atoms with Crippen molar-refractivity contribution in [2.75, 3.05) is 18.0 Å². The molecule has 1 aromatic carbocycles. The lowest BCUT2D eigenvalue weighted by Crippen LogP contribution is -2.40. The molecule has 0 atom stereocenters. The summed E-state index contributed by atoms with van der Waals surface area (Å²) in [6.45, 7) is 6.65. The minimum Gasteiger partial charge on any atom is -0.370 e. The zero-order chi connectivity index (χ0) is 12.5. The van der Waals surface area contributed by atoms with Gasteiger partial charge in [0.25, 0.3) is 0 Å². The van der Waals surface area contributed by atoms with Crippen LogP contribution in [0.5, 0.6) is 0 Å². The molecule has 17 heavy (non-hydrogen) atoms. The van der Waals surface area contributed by atoms with E-state index < -0.39 is 0 Å². The standard InChI is InChI=1S/C14H17ClN2/c1-14(2)6-3-7-17(10-14)13-5-4-11(9-16)8-12(13)15/h4-5,8H,3,6-7,10H2,1-2H3. The van der Waals surface area contributed by atoms with Gasteiger partial charge in [-0.3, -0.25) is 0 Å². The monoisotopic (exact) mass is 248 g/mol. The maximum atomic E-state index is 8.82. The maximum Gasteiger partial charge on any atom is 0.0992 e. The van der Waals surface area contributed by atoms with E-state index in [0.717, 1.165) is 18.8 Å². The first kappa shape index (κ1) is 12.3. The Hall–Kier alpha value is -1.20. The molecule has 0 bridgehead atoms. The van der Waals surface area contributed by atoms with Crippen LogP contribution >= 0.6 is 11.6 Å². The molecular weight excluding hydrogens is 232 g/mol. The average molecular weight is 249 g/mol. The van der Waals surface area contributed by atoms with Crippen LogP contribution in [0.15, 0.2) is 18.2 Å². The summed E-state index contributed by atoms with van der Waals surface area (Å²) in [5.74, 6) is 0. The van der Waals surface area contributed by atoms with Crippen molar-refractivity contribution in [1.82, 2.24) is 0 Å². The van der Waals surface area contributed by atoms with Crippen LogP contribution in [-0.2, 0) is 0 Å². The van der Waals surface area contributed by atoms with Gasteiger partial charge in [-0.2, -0.15) is 5.26 Å². The smallest absolute Gasteiger partial charge is 0.0992 e. The lowest BCUT2D eigenvalue weighted by Gasteiger charge is -2.39. The Morgan fingerprint density at radius 2 is 2.18 bits per heavy atom. The molecule has 0 unspecified atom stereocenters. The number of hydrogen-bond donors (Lipinski definition) is 0. The van der Waals surface area contributed by atoms with Gasteiger partial charge in [0.1, 0.15) is 0 Å². The van der Waals surface area contributed by atoms with E-state index in [1.807, 2.05) is 12.1 Å². The van der Waals surface area contributed by atoms with Gasteiger partial charge in [0.15, 0.2) is 0 Å². The maximum absolute atomic E-state index is 8.82. The highest BCUT2D eigenvalue weighted by molar-refractivity contribution is 6.33. The van der Waals surface area contributed by atoms with Crippen molar-refractivity contribution in [3.8, 4) is 6.07 Å². The highest BCUT2D eigenvalue weighted by Gasteiger charge is 2.27. The van der Waals surface area contributed by atoms with Gasteiger partial charge in [-0.15, -0.1) is 0 Å². The number of anilines is 1. The molecule has 2 nitrogen and oxygen atoms in total. The summed E-state index contributed by atoms with van der Waals surface area (Å²) in [5, 5.41) is 9.51. The predicted octanol–water partition coefficient (Wildman–Crippen LogP) is 3.84. The minimum atomic E-state index is 0.343. The lowest BCUT2D eigenvalue weighted by atomic mass is 9.84. The van der Waals surface area contributed by atoms with Crippen molar-refractivity contribution < 1.29 is 0 Å². The number of hydrogen-bond acceptors (Lipinski definition) is 2. The van der Waals surface area contributed by atoms with Gasteiger partial charge in [0.05, 0.1) is 22.3 Å². The van der Waals surface area contributed by atoms with Crippen molar-refractivity contribution in [3.63, 3.8) is 0 Å². The van der Waals surface area contributed by atoms with Gasteiger partial charge in [0.2, 0.25) is 0 Å². The molecule has 0 saturated carbocycles. The van der Waals surface area contributed by atoms with Crippen molar-refractivity contribution in [2.45, 2.75) is 26.7 Å². The first-order valence-corrected chi connectivity index (χ1v) is 6.34. The molecule has 90 valence electrons. The van der Waals surface area contributed by atoms with Gasteiger partial charge in [0, 0.05) is 13.1 Å². The zero-order valence-corrected chi connectivity index (χ0v) is 11.1. The third kappa shape index (κ3) is 2.73. The average Bonchev–Trinajstić information content (AvgIpc) is 2.27. The van der Waals surface area contributed by atoms with Crippen LogP contribution < -0.4 is 4.90 Å². The summed E-state index contributed by atoms with van der Waals surface area (Å²) in [6.07, 6.45) is 2.46. The Morgan fingerprint density at radius 1 is 1.41 bits per heavy atom. The summed E-state index contributed by atoms with van der Waals surface area (Å²) in [5.41, 5.74) is 2.02. The van der Waals surface area contributed by atoms with E-state index in [2.05, 4.69) is 24.8 Å². The molecule has 1 saturated heterocycles. The van der Waals surface area contributed by atoms with E-state index >= 15 is 0 Å². The van der Waals surface area contributed by atoms with Crippen molar-refractivity contribution in [3.05, 3.63) is 28.8 Å². The van der Waals surface area contributed by atoms with Crippen molar-refractivity contribution in [2.24, 2.45) is 5.41 Å². The van der Waals surface area contributed by atoms with Crippen molar-refractivity contribution in [1.29, 1.82) is 5.26 Å². The lowest BCUT2D eigenvalue weighted by molar-refractivity contribution is 0.293. The first-order chi connectivity index (χ1) is 8.02. The second kappa shape index (κ2) is 4.58. The first-order valence-electron chi connectivity index (χ1n) is 5.96. The van der Waals surface area contributed by atoms with Crippen LogP contribution in [0.3, 0.4) is 0 Å². The van der Waals surface area contributed by atoms with Gasteiger partial charge in [-0.05, 0) is 36.5 Å². The fourth-order valence-electron chi connectivity index (χ4n) is 2.46. The highest BCUT2D eigenvalue weighted by atomic mass is 35.5. The van der Waals surface area contributed by atoms with Crippen LogP contribution in [0.2, 0.25) is 5.02 Å². The van der Waals surface area contributed by atoms with E-state index in [-0.39, 0.29) is 0 Å². The molecule has 1 fully saturated rings. The number of nitriles is 1. The third-order valence-corrected chi connectivity index (χ3v) is 3.62. The second-order valence-electron chi connectivity index (χ2n) is 5.47. The summed E-state index contributed by atoms with van der Waals surface area (Å²) in [4.78, 5) is 2.33. The van der Waals surface area contributed by atoms with E-state index in [4.69, 9.17) is 16.9 Å². The minimum absolute atomic E-state index is 0.343. The molecule has 1 heterocycles. The van der Waals surface area contributed by atoms with E-state index in [9.17, 15) is 0 Å². The van der Waals surface area contributed by atoms with Crippen LogP contribution in [0.4, 0.5) is 5.69 Å². The predicted molar refractivity (Wildman–Crippen MR) is 71.4 cm³/mol. The van der Waals surface area contributed by atoms with E-state index in [1.165, 1.54) is 12.8 Å². The summed E-state index contributed by atoms with van der Waals surface area (Å²) in [6, 6.07) is 7.66. The number of piperidine rings is 1. The van der Waals surface area contributed by atoms with Gasteiger partial charge in [-0.25, -0.2) is 0 Å². The molecule has 0 aliphatic carbocycles. The quantitative estimate of drug-likeness (QED) is 0.755. The number of benzene rings is 1. The molecule has 1 aromatic rings. The number of rotatable bonds is 1. The number of nitrogens with zero attached hydrogens (tertiary/aromatic N) is 2. The molecule has 3 heteroatoms. The summed E-state index contributed by atoms with van der Waals surface area (Å²) < 4.78 is 0. The largest absolute Gasteiger partial charge is 0.370 e. The molecule has 0 aromatic heterocycles. The molecule has 0 N–H and O–H groups in total. The molecule has 1 aliphatic heterocycles. The Kier molecular flexibility index (Phi) is 3.31. The fraction of sp³-hybridized carbons (Fsp3) is 0.500. The van der Waals surface area contributed by atoms with Crippen LogP contribution in [0.1, 0.15) is 32.3 Å². The normalized spacial score (nSPS) is 18.8. The third-order valence-electron chi connectivity index (χ3n) is 3.32. The molecule has 0 spiro atoms. The van der Waals surface area contributed by atoms with Crippen LogP contribution in [0.25, 0.3) is 0 Å². The second-order valence-corrected chi connectivity index (χ2v) is 5.87. The molecular formula is C14H17ClN2. The Balaban J connectivity index is 2.26. The zero-order valence-electron chi connectivity index (χ0n) is 10.3.